The summed E-state index contributed by atoms with van der Waals surface area (Å²) >= 11 is 0. The molecule has 0 spiro atoms. The molecule has 0 aliphatic rings. The molecule has 0 aliphatic heterocycles. The van der Waals surface area contributed by atoms with Gasteiger partial charge >= 0.3 is 6.92 Å². The first-order chi connectivity index (χ1) is 7.76. The summed E-state index contributed by atoms with van der Waals surface area (Å²) in [6, 6.07) is 10.5. The van der Waals surface area contributed by atoms with E-state index in [0.29, 0.717) is 6.92 Å². The van der Waals surface area contributed by atoms with E-state index in [4.69, 9.17) is 4.65 Å². The Hall–Kier alpha value is -1.18. The van der Waals surface area contributed by atoms with E-state index >= 15 is 0 Å². The van der Waals surface area contributed by atoms with Crippen LogP contribution in [0.15, 0.2) is 42.2 Å². The van der Waals surface area contributed by atoms with Gasteiger partial charge in [0.05, 0.1) is 5.76 Å². The highest BCUT2D eigenvalue weighted by molar-refractivity contribution is 6.51. The molecule has 2 heteroatoms. The molecule has 0 aliphatic carbocycles. The Bertz CT molecular complexity index is 315. The molecule has 1 aromatic rings. The van der Waals surface area contributed by atoms with Gasteiger partial charge < -0.3 is 4.65 Å². The number of hydrogen-bond acceptors (Lipinski definition) is 1. The molecular formula is C14H21BO. The van der Waals surface area contributed by atoms with Crippen molar-refractivity contribution in [1.29, 1.82) is 0 Å². The van der Waals surface area contributed by atoms with Gasteiger partial charge in [0.25, 0.3) is 0 Å². The van der Waals surface area contributed by atoms with Crippen molar-refractivity contribution in [2.75, 3.05) is 0 Å². The Morgan fingerprint density at radius 1 is 1.19 bits per heavy atom. The molecule has 0 bridgehead atoms. The van der Waals surface area contributed by atoms with Crippen LogP contribution in [0.3, 0.4) is 0 Å². The predicted molar refractivity (Wildman–Crippen MR) is 71.7 cm³/mol. The van der Waals surface area contributed by atoms with Crippen molar-refractivity contribution in [3.05, 3.63) is 47.7 Å². The monoisotopic (exact) mass is 216 g/mol. The normalized spacial score (nSPS) is 11.3. The first kappa shape index (κ1) is 12.9. The second kappa shape index (κ2) is 7.16. The summed E-state index contributed by atoms with van der Waals surface area (Å²) in [5, 5.41) is 0. The number of benzene rings is 1. The molecule has 1 nitrogen and oxygen atoms in total. The van der Waals surface area contributed by atoms with Crippen LogP contribution in [-0.4, -0.2) is 6.92 Å². The zero-order valence-corrected chi connectivity index (χ0v) is 10.6. The Morgan fingerprint density at radius 3 is 2.38 bits per heavy atom. The van der Waals surface area contributed by atoms with Crippen LogP contribution in [0, 0.1) is 0 Å². The van der Waals surface area contributed by atoms with Crippen molar-refractivity contribution >= 4 is 6.92 Å². The summed E-state index contributed by atoms with van der Waals surface area (Å²) in [6.45, 7) is 6.74. The van der Waals surface area contributed by atoms with Crippen LogP contribution in [0.4, 0.5) is 0 Å². The summed E-state index contributed by atoms with van der Waals surface area (Å²) in [4.78, 5) is 0. The van der Waals surface area contributed by atoms with Crippen molar-refractivity contribution in [2.45, 2.75) is 39.8 Å². The third-order valence-corrected chi connectivity index (χ3v) is 2.73. The first-order valence-corrected chi connectivity index (χ1v) is 6.13. The Morgan fingerprint density at radius 2 is 1.81 bits per heavy atom. The van der Waals surface area contributed by atoms with Gasteiger partial charge in [-0.15, -0.1) is 0 Å². The Labute approximate surface area is 99.6 Å². The van der Waals surface area contributed by atoms with E-state index in [0.717, 1.165) is 24.8 Å². The molecule has 86 valence electrons. The summed E-state index contributed by atoms with van der Waals surface area (Å²) in [6.07, 6.45) is 5.26. The molecule has 0 fully saturated rings. The lowest BCUT2D eigenvalue weighted by molar-refractivity contribution is 0.431. The number of allylic oxidation sites excluding steroid dienone is 2. The molecule has 0 heterocycles. The SMILES string of the molecule is CCB(CC)O/C(C)=C\Cc1ccccc1. The Kier molecular flexibility index (Phi) is 5.77. The van der Waals surface area contributed by atoms with E-state index in [1.807, 2.05) is 13.0 Å². The van der Waals surface area contributed by atoms with Gasteiger partial charge in [-0.1, -0.05) is 44.2 Å². The fraction of sp³-hybridized carbons (Fsp3) is 0.429. The summed E-state index contributed by atoms with van der Waals surface area (Å²) in [7, 11) is 0. The van der Waals surface area contributed by atoms with Crippen LogP contribution < -0.4 is 0 Å². The van der Waals surface area contributed by atoms with Crippen LogP contribution in [0.5, 0.6) is 0 Å². The summed E-state index contributed by atoms with van der Waals surface area (Å²) < 4.78 is 5.83. The zero-order chi connectivity index (χ0) is 11.8. The molecule has 1 rings (SSSR count). The van der Waals surface area contributed by atoms with Crippen molar-refractivity contribution in [2.24, 2.45) is 0 Å². The Balaban J connectivity index is 2.45. The molecule has 0 atom stereocenters. The molecule has 0 unspecified atom stereocenters. The van der Waals surface area contributed by atoms with E-state index in [2.05, 4.69) is 44.2 Å². The predicted octanol–water partition coefficient (Wildman–Crippen LogP) is 4.18. The van der Waals surface area contributed by atoms with E-state index in [1.54, 1.807) is 0 Å². The average Bonchev–Trinajstić information content (AvgIpc) is 2.34. The van der Waals surface area contributed by atoms with E-state index in [1.165, 1.54) is 5.56 Å². The molecular weight excluding hydrogens is 195 g/mol. The van der Waals surface area contributed by atoms with Gasteiger partial charge in [0, 0.05) is 0 Å². The molecule has 0 N–H and O–H groups in total. The molecule has 0 saturated heterocycles. The van der Waals surface area contributed by atoms with Crippen molar-refractivity contribution in [3.63, 3.8) is 0 Å². The average molecular weight is 216 g/mol. The lowest BCUT2D eigenvalue weighted by Crippen LogP contribution is -2.13. The van der Waals surface area contributed by atoms with Crippen LogP contribution in [0.2, 0.25) is 12.6 Å². The third-order valence-electron chi connectivity index (χ3n) is 2.73. The van der Waals surface area contributed by atoms with Crippen molar-refractivity contribution in [3.8, 4) is 0 Å². The maximum absolute atomic E-state index is 5.83. The maximum Gasteiger partial charge on any atom is 0.356 e. The van der Waals surface area contributed by atoms with E-state index in [-0.39, 0.29) is 0 Å². The van der Waals surface area contributed by atoms with Gasteiger partial charge in [-0.05, 0) is 37.6 Å². The first-order valence-electron chi connectivity index (χ1n) is 6.13. The summed E-state index contributed by atoms with van der Waals surface area (Å²) in [5.41, 5.74) is 1.33. The third kappa shape index (κ3) is 4.56. The highest BCUT2D eigenvalue weighted by atomic mass is 16.4. The summed E-state index contributed by atoms with van der Waals surface area (Å²) in [5.74, 6) is 1.04. The fourth-order valence-corrected chi connectivity index (χ4v) is 1.64. The minimum Gasteiger partial charge on any atom is -0.564 e. The lowest BCUT2D eigenvalue weighted by atomic mass is 9.62. The molecule has 0 radical (unpaired) electrons. The molecule has 0 saturated carbocycles. The van der Waals surface area contributed by atoms with Crippen LogP contribution in [-0.2, 0) is 11.1 Å². The second-order valence-electron chi connectivity index (χ2n) is 4.06. The number of rotatable bonds is 6. The van der Waals surface area contributed by atoms with Crippen LogP contribution in [0.1, 0.15) is 26.3 Å². The van der Waals surface area contributed by atoms with Gasteiger partial charge in [-0.2, -0.15) is 0 Å². The molecule has 0 amide bonds. The second-order valence-corrected chi connectivity index (χ2v) is 4.06. The van der Waals surface area contributed by atoms with Gasteiger partial charge in [0.1, 0.15) is 0 Å². The quantitative estimate of drug-likeness (QED) is 0.512. The molecule has 16 heavy (non-hydrogen) atoms. The lowest BCUT2D eigenvalue weighted by Gasteiger charge is -2.12. The van der Waals surface area contributed by atoms with E-state index < -0.39 is 0 Å². The minimum absolute atomic E-state index is 0.368. The number of hydrogen-bond donors (Lipinski definition) is 0. The topological polar surface area (TPSA) is 9.23 Å². The van der Waals surface area contributed by atoms with Crippen molar-refractivity contribution in [1.82, 2.24) is 0 Å². The molecule has 1 aromatic carbocycles. The van der Waals surface area contributed by atoms with Gasteiger partial charge in [-0.25, -0.2) is 0 Å². The smallest absolute Gasteiger partial charge is 0.356 e. The largest absolute Gasteiger partial charge is 0.564 e. The van der Waals surface area contributed by atoms with E-state index in [9.17, 15) is 0 Å². The maximum atomic E-state index is 5.83. The van der Waals surface area contributed by atoms with Crippen molar-refractivity contribution < 1.29 is 4.65 Å². The minimum atomic E-state index is 0.368. The van der Waals surface area contributed by atoms with Crippen LogP contribution in [0.25, 0.3) is 0 Å². The highest BCUT2D eigenvalue weighted by Crippen LogP contribution is 2.09. The zero-order valence-electron chi connectivity index (χ0n) is 10.6. The standard InChI is InChI=1S/C14H21BO/c1-4-15(5-2)16-13(3)11-12-14-9-7-6-8-10-14/h6-11H,4-5,12H2,1-3H3/b13-11-. The molecule has 0 aromatic heterocycles. The van der Waals surface area contributed by atoms with Gasteiger partial charge in [0.15, 0.2) is 0 Å². The fourth-order valence-electron chi connectivity index (χ4n) is 1.64. The van der Waals surface area contributed by atoms with Crippen LogP contribution >= 0.6 is 0 Å². The highest BCUT2D eigenvalue weighted by Gasteiger charge is 2.10. The van der Waals surface area contributed by atoms with Gasteiger partial charge in [-0.3, -0.25) is 0 Å². The van der Waals surface area contributed by atoms with Gasteiger partial charge in [0.2, 0.25) is 0 Å².